The molecule has 5 heteroatoms. The number of ether oxygens (including phenoxy) is 1. The summed E-state index contributed by atoms with van der Waals surface area (Å²) in [6, 6.07) is 27.1. The van der Waals surface area contributed by atoms with E-state index in [-0.39, 0.29) is 40.4 Å². The third-order valence-electron chi connectivity index (χ3n) is 11.3. The summed E-state index contributed by atoms with van der Waals surface area (Å²) >= 11 is 0. The Hall–Kier alpha value is -4.38. The van der Waals surface area contributed by atoms with Gasteiger partial charge in [-0.05, 0) is 47.1 Å². The quantitative estimate of drug-likeness (QED) is 0.301. The molecule has 1 saturated heterocycles. The molecule has 0 spiro atoms. The summed E-state index contributed by atoms with van der Waals surface area (Å²) in [5.74, 6) is 0.902. The van der Waals surface area contributed by atoms with Crippen LogP contribution in [0.25, 0.3) is 6.08 Å². The number of para-hydroxylation sites is 1. The predicted molar refractivity (Wildman–Crippen MR) is 179 cm³/mol. The molecule has 230 valence electrons. The number of allylic oxidation sites excluding steroid dienone is 3. The normalized spacial score (nSPS) is 29.0. The lowest BCUT2D eigenvalue weighted by atomic mass is 9.42. The van der Waals surface area contributed by atoms with Gasteiger partial charge in [-0.15, -0.1) is 0 Å². The molecule has 3 aromatic rings. The van der Waals surface area contributed by atoms with Gasteiger partial charge in [-0.25, -0.2) is 0 Å². The molecule has 3 aromatic carbocycles. The molecule has 1 unspecified atom stereocenters. The Balaban J connectivity index is 1.30. The van der Waals surface area contributed by atoms with Crippen LogP contribution in [0.2, 0.25) is 0 Å². The number of likely N-dealkylation sites (tertiary alicyclic amines) is 1. The van der Waals surface area contributed by atoms with Crippen molar-refractivity contribution in [2.24, 2.45) is 22.7 Å². The van der Waals surface area contributed by atoms with Gasteiger partial charge in [-0.3, -0.25) is 9.59 Å². The fourth-order valence-electron chi connectivity index (χ4n) is 9.02. The summed E-state index contributed by atoms with van der Waals surface area (Å²) in [4.78, 5) is 30.9. The van der Waals surface area contributed by atoms with Crippen LogP contribution in [0.4, 0.5) is 0 Å². The Bertz CT molecular complexity index is 1710. The first kappa shape index (κ1) is 29.3. The molecular weight excluding hydrogens is 556 g/mol. The van der Waals surface area contributed by atoms with Crippen molar-refractivity contribution in [2.45, 2.75) is 38.0 Å². The maximum absolute atomic E-state index is 14.9. The van der Waals surface area contributed by atoms with Crippen molar-refractivity contribution < 1.29 is 14.3 Å². The SMILES string of the molecule is COc1ccccc1C=CC(=O)N1C[C@H]2[C@@]3(c4ccccc4)CC[C@H](c4ccccc43)[C@@]2(C(=O)NCC2C=CC=CC2(C)C)C1. The monoisotopic (exact) mass is 598 g/mol. The van der Waals surface area contributed by atoms with Crippen molar-refractivity contribution in [1.82, 2.24) is 10.2 Å². The lowest BCUT2D eigenvalue weighted by molar-refractivity contribution is -0.139. The number of nitrogens with zero attached hydrogens (tertiary/aromatic N) is 1. The Kier molecular flexibility index (Phi) is 7.31. The third kappa shape index (κ3) is 4.58. The Morgan fingerprint density at radius 3 is 2.53 bits per heavy atom. The number of carbonyl (C=O) groups is 2. The van der Waals surface area contributed by atoms with Crippen LogP contribution in [-0.4, -0.2) is 43.5 Å². The van der Waals surface area contributed by atoms with E-state index < -0.39 is 5.41 Å². The average molecular weight is 599 g/mol. The van der Waals surface area contributed by atoms with Gasteiger partial charge in [0, 0.05) is 54.4 Å². The summed E-state index contributed by atoms with van der Waals surface area (Å²) in [5, 5.41) is 3.46. The fraction of sp³-hybridized carbons (Fsp3) is 0.350. The molecule has 1 N–H and O–H groups in total. The van der Waals surface area contributed by atoms with Crippen LogP contribution in [-0.2, 0) is 15.0 Å². The first-order valence-corrected chi connectivity index (χ1v) is 16.2. The average Bonchev–Trinajstić information content (AvgIpc) is 3.51. The Morgan fingerprint density at radius 1 is 0.978 bits per heavy atom. The standard InChI is InChI=1S/C40H42N2O3/c1-38(2)23-12-11-16-30(38)25-41-37(44)40-27-42(36(43)21-20-28-13-7-10-19-34(28)45-3)26-35(40)39(29-14-5-4-6-15-29)24-22-33(40)31-17-8-9-18-32(31)39/h4-21,23,30,33,35H,22,24-27H2,1-3H3,(H,41,44)/t30?,33-,35+,39-,40+/m1/s1. The summed E-state index contributed by atoms with van der Waals surface area (Å²) in [6.45, 7) is 5.93. The third-order valence-corrected chi connectivity index (χ3v) is 11.3. The van der Waals surface area contributed by atoms with Gasteiger partial charge in [0.05, 0.1) is 12.5 Å². The molecule has 4 aliphatic carbocycles. The van der Waals surface area contributed by atoms with Crippen molar-refractivity contribution in [3.05, 3.63) is 131 Å². The zero-order valence-corrected chi connectivity index (χ0v) is 26.4. The van der Waals surface area contributed by atoms with Crippen LogP contribution >= 0.6 is 0 Å². The first-order chi connectivity index (χ1) is 21.8. The molecule has 1 aliphatic heterocycles. The van der Waals surface area contributed by atoms with E-state index in [1.54, 1.807) is 13.2 Å². The smallest absolute Gasteiger partial charge is 0.246 e. The van der Waals surface area contributed by atoms with Crippen molar-refractivity contribution >= 4 is 17.9 Å². The molecule has 2 amide bonds. The number of benzene rings is 3. The number of rotatable bonds is 7. The number of nitrogens with one attached hydrogen (secondary N) is 1. The number of fused-ring (bicyclic) bond motifs is 1. The zero-order chi connectivity index (χ0) is 31.2. The van der Waals surface area contributed by atoms with Gasteiger partial charge in [-0.2, -0.15) is 0 Å². The molecule has 1 heterocycles. The van der Waals surface area contributed by atoms with E-state index in [1.807, 2.05) is 35.2 Å². The van der Waals surface area contributed by atoms with Crippen LogP contribution in [0.15, 0.2) is 109 Å². The van der Waals surface area contributed by atoms with E-state index in [2.05, 4.69) is 98.1 Å². The zero-order valence-electron chi connectivity index (χ0n) is 26.4. The molecule has 2 fully saturated rings. The summed E-state index contributed by atoms with van der Waals surface area (Å²) in [7, 11) is 1.64. The molecule has 45 heavy (non-hydrogen) atoms. The second-order valence-corrected chi connectivity index (χ2v) is 13.8. The van der Waals surface area contributed by atoms with Crippen molar-refractivity contribution in [2.75, 3.05) is 26.7 Å². The minimum atomic E-state index is -0.741. The molecule has 2 bridgehead atoms. The molecule has 5 atom stereocenters. The van der Waals surface area contributed by atoms with Crippen molar-refractivity contribution in [3.63, 3.8) is 0 Å². The molecule has 0 radical (unpaired) electrons. The molecule has 0 aromatic heterocycles. The maximum Gasteiger partial charge on any atom is 0.246 e. The van der Waals surface area contributed by atoms with E-state index >= 15 is 0 Å². The lowest BCUT2D eigenvalue weighted by Gasteiger charge is -2.60. The molecule has 8 rings (SSSR count). The Labute approximate surface area is 266 Å². The summed E-state index contributed by atoms with van der Waals surface area (Å²) < 4.78 is 5.52. The maximum atomic E-state index is 14.9. The van der Waals surface area contributed by atoms with E-state index in [9.17, 15) is 9.59 Å². The lowest BCUT2D eigenvalue weighted by Crippen LogP contribution is -2.63. The van der Waals surface area contributed by atoms with Crippen LogP contribution in [0.5, 0.6) is 5.75 Å². The number of carbonyl (C=O) groups excluding carboxylic acids is 2. The Morgan fingerprint density at radius 2 is 1.73 bits per heavy atom. The number of methoxy groups -OCH3 is 1. The minimum absolute atomic E-state index is 0.0371. The summed E-state index contributed by atoms with van der Waals surface area (Å²) in [5.41, 5.74) is 3.51. The van der Waals surface area contributed by atoms with Crippen LogP contribution in [0.1, 0.15) is 54.9 Å². The second kappa shape index (κ2) is 11.2. The minimum Gasteiger partial charge on any atom is -0.496 e. The predicted octanol–water partition coefficient (Wildman–Crippen LogP) is 6.92. The highest BCUT2D eigenvalue weighted by Crippen LogP contribution is 2.69. The van der Waals surface area contributed by atoms with Crippen molar-refractivity contribution in [3.8, 4) is 5.75 Å². The molecular formula is C40H42N2O3. The second-order valence-electron chi connectivity index (χ2n) is 13.8. The van der Waals surface area contributed by atoms with Gasteiger partial charge in [0.25, 0.3) is 0 Å². The van der Waals surface area contributed by atoms with Gasteiger partial charge in [-0.1, -0.05) is 111 Å². The summed E-state index contributed by atoms with van der Waals surface area (Å²) in [6.07, 6.45) is 13.9. The first-order valence-electron chi connectivity index (χ1n) is 16.2. The number of hydrogen-bond donors (Lipinski definition) is 1. The largest absolute Gasteiger partial charge is 0.496 e. The van der Waals surface area contributed by atoms with Gasteiger partial charge >= 0.3 is 0 Å². The van der Waals surface area contributed by atoms with Crippen LogP contribution in [0.3, 0.4) is 0 Å². The number of hydrogen-bond acceptors (Lipinski definition) is 3. The van der Waals surface area contributed by atoms with E-state index in [0.717, 1.165) is 24.2 Å². The topological polar surface area (TPSA) is 58.6 Å². The van der Waals surface area contributed by atoms with Crippen LogP contribution < -0.4 is 10.1 Å². The van der Waals surface area contributed by atoms with E-state index in [1.165, 1.54) is 16.7 Å². The highest BCUT2D eigenvalue weighted by molar-refractivity contribution is 5.94. The van der Waals surface area contributed by atoms with Gasteiger partial charge in [0.2, 0.25) is 11.8 Å². The number of amides is 2. The fourth-order valence-corrected chi connectivity index (χ4v) is 9.02. The van der Waals surface area contributed by atoms with Gasteiger partial charge in [0.15, 0.2) is 0 Å². The molecule has 5 aliphatic rings. The highest BCUT2D eigenvalue weighted by atomic mass is 16.5. The molecule has 5 nitrogen and oxygen atoms in total. The van der Waals surface area contributed by atoms with Crippen molar-refractivity contribution in [1.29, 1.82) is 0 Å². The van der Waals surface area contributed by atoms with E-state index in [4.69, 9.17) is 4.74 Å². The molecule has 1 saturated carbocycles. The van der Waals surface area contributed by atoms with Gasteiger partial charge < -0.3 is 15.0 Å². The highest BCUT2D eigenvalue weighted by Gasteiger charge is 2.70. The van der Waals surface area contributed by atoms with Crippen LogP contribution in [0, 0.1) is 22.7 Å². The van der Waals surface area contributed by atoms with Gasteiger partial charge in [0.1, 0.15) is 5.75 Å². The van der Waals surface area contributed by atoms with E-state index in [0.29, 0.717) is 19.6 Å².